The van der Waals surface area contributed by atoms with Gasteiger partial charge < -0.3 is 4.90 Å². The molecule has 1 aromatic rings. The smallest absolute Gasteiger partial charge is 0.241 e. The van der Waals surface area contributed by atoms with Crippen molar-refractivity contribution in [2.75, 3.05) is 0 Å². The fourth-order valence-electron chi connectivity index (χ4n) is 3.76. The Morgan fingerprint density at radius 2 is 2.00 bits per heavy atom. The summed E-state index contributed by atoms with van der Waals surface area (Å²) in [6.07, 6.45) is 1.98. The van der Waals surface area contributed by atoms with Crippen LogP contribution in [0.3, 0.4) is 0 Å². The van der Waals surface area contributed by atoms with Crippen molar-refractivity contribution in [1.29, 1.82) is 0 Å². The molecule has 3 rings (SSSR count). The van der Waals surface area contributed by atoms with E-state index >= 15 is 0 Å². The lowest BCUT2D eigenvalue weighted by atomic mass is 9.96. The van der Waals surface area contributed by atoms with Gasteiger partial charge in [-0.3, -0.25) is 10.1 Å². The molecule has 4 heteroatoms. The summed E-state index contributed by atoms with van der Waals surface area (Å²) < 4.78 is 13.5. The molecule has 1 aromatic carbocycles. The van der Waals surface area contributed by atoms with Crippen molar-refractivity contribution < 1.29 is 9.18 Å². The third kappa shape index (κ3) is 2.46. The van der Waals surface area contributed by atoms with Crippen LogP contribution in [0.25, 0.3) is 0 Å². The van der Waals surface area contributed by atoms with Gasteiger partial charge in [-0.25, -0.2) is 4.39 Å². The van der Waals surface area contributed by atoms with Crippen LogP contribution in [0.15, 0.2) is 24.3 Å². The normalized spacial score (nSPS) is 36.5. The van der Waals surface area contributed by atoms with E-state index in [1.54, 1.807) is 6.07 Å². The van der Waals surface area contributed by atoms with E-state index in [1.807, 2.05) is 17.9 Å². The molecule has 1 aliphatic carbocycles. The number of hydrogen-bond acceptors (Lipinski definition) is 2. The average molecular weight is 290 g/mol. The van der Waals surface area contributed by atoms with Crippen molar-refractivity contribution >= 4 is 5.91 Å². The fourth-order valence-corrected chi connectivity index (χ4v) is 3.76. The van der Waals surface area contributed by atoms with Gasteiger partial charge in [0.25, 0.3) is 0 Å². The molecular formula is C17H23FN2O. The third-order valence-corrected chi connectivity index (χ3v) is 5.25. The van der Waals surface area contributed by atoms with Crippen molar-refractivity contribution in [2.45, 2.75) is 51.9 Å². The Bertz CT molecular complexity index is 547. The van der Waals surface area contributed by atoms with Crippen LogP contribution in [0.2, 0.25) is 0 Å². The second-order valence-corrected chi connectivity index (χ2v) is 6.57. The van der Waals surface area contributed by atoms with Gasteiger partial charge in [0, 0.05) is 6.04 Å². The lowest BCUT2D eigenvalue weighted by Crippen LogP contribution is -2.42. The molecule has 5 unspecified atom stereocenters. The molecule has 1 heterocycles. The summed E-state index contributed by atoms with van der Waals surface area (Å²) in [5.41, 5.74) is 0.833. The Labute approximate surface area is 125 Å². The van der Waals surface area contributed by atoms with Crippen LogP contribution in [0.1, 0.15) is 45.3 Å². The Kier molecular flexibility index (Phi) is 3.74. The number of halogens is 1. The second kappa shape index (κ2) is 5.41. The van der Waals surface area contributed by atoms with Gasteiger partial charge in [0.05, 0.1) is 6.04 Å². The minimum absolute atomic E-state index is 0.134. The summed E-state index contributed by atoms with van der Waals surface area (Å²) in [7, 11) is 0. The van der Waals surface area contributed by atoms with E-state index in [0.717, 1.165) is 18.4 Å². The van der Waals surface area contributed by atoms with E-state index < -0.39 is 0 Å². The standard InChI is InChI=1S/C17H23FN2O/c1-10-7-8-15(11(10)2)20-16(19-12(3)17(20)21)13-5-4-6-14(18)9-13/h4-6,9-12,15-16,19H,7-8H2,1-3H3. The lowest BCUT2D eigenvalue weighted by Gasteiger charge is -2.34. The van der Waals surface area contributed by atoms with Crippen LogP contribution >= 0.6 is 0 Å². The van der Waals surface area contributed by atoms with Crippen LogP contribution in [0.5, 0.6) is 0 Å². The molecule has 1 saturated heterocycles. The van der Waals surface area contributed by atoms with E-state index in [9.17, 15) is 9.18 Å². The minimum Gasteiger partial charge on any atom is -0.318 e. The predicted molar refractivity (Wildman–Crippen MR) is 79.9 cm³/mol. The largest absolute Gasteiger partial charge is 0.318 e. The molecule has 2 aliphatic rings. The number of rotatable bonds is 2. The summed E-state index contributed by atoms with van der Waals surface area (Å²) in [4.78, 5) is 14.5. The van der Waals surface area contributed by atoms with Crippen molar-refractivity contribution in [3.8, 4) is 0 Å². The monoisotopic (exact) mass is 290 g/mol. The number of hydrogen-bond donors (Lipinski definition) is 1. The zero-order valence-electron chi connectivity index (χ0n) is 12.8. The Morgan fingerprint density at radius 3 is 2.62 bits per heavy atom. The number of nitrogens with zero attached hydrogens (tertiary/aromatic N) is 1. The molecule has 2 fully saturated rings. The molecule has 21 heavy (non-hydrogen) atoms. The number of nitrogens with one attached hydrogen (secondary N) is 1. The molecule has 5 atom stereocenters. The van der Waals surface area contributed by atoms with Gasteiger partial charge in [0.1, 0.15) is 12.0 Å². The molecule has 0 spiro atoms. The highest BCUT2D eigenvalue weighted by molar-refractivity contribution is 5.84. The highest BCUT2D eigenvalue weighted by Crippen LogP contribution is 2.40. The van der Waals surface area contributed by atoms with Crippen LogP contribution < -0.4 is 5.32 Å². The van der Waals surface area contributed by atoms with E-state index in [4.69, 9.17) is 0 Å². The number of benzene rings is 1. The predicted octanol–water partition coefficient (Wildman–Crippen LogP) is 3.08. The van der Waals surface area contributed by atoms with E-state index in [2.05, 4.69) is 19.2 Å². The maximum absolute atomic E-state index is 13.5. The summed E-state index contributed by atoms with van der Waals surface area (Å²) >= 11 is 0. The molecule has 1 N–H and O–H groups in total. The van der Waals surface area contributed by atoms with Gasteiger partial charge in [-0.05, 0) is 49.3 Å². The second-order valence-electron chi connectivity index (χ2n) is 6.57. The quantitative estimate of drug-likeness (QED) is 0.908. The molecule has 114 valence electrons. The first-order valence-electron chi connectivity index (χ1n) is 7.82. The van der Waals surface area contributed by atoms with Gasteiger partial charge in [0.15, 0.2) is 0 Å². The zero-order chi connectivity index (χ0) is 15.1. The zero-order valence-corrected chi connectivity index (χ0v) is 12.8. The Hall–Kier alpha value is -1.42. The topological polar surface area (TPSA) is 32.3 Å². The van der Waals surface area contributed by atoms with Gasteiger partial charge in [-0.15, -0.1) is 0 Å². The first kappa shape index (κ1) is 14.5. The summed E-state index contributed by atoms with van der Waals surface area (Å²) in [5.74, 6) is 0.994. The molecule has 3 nitrogen and oxygen atoms in total. The number of carbonyl (C=O) groups is 1. The van der Waals surface area contributed by atoms with Gasteiger partial charge >= 0.3 is 0 Å². The van der Waals surface area contributed by atoms with Crippen LogP contribution in [0.4, 0.5) is 4.39 Å². The van der Waals surface area contributed by atoms with Crippen LogP contribution in [0, 0.1) is 17.7 Å². The van der Waals surface area contributed by atoms with Gasteiger partial charge in [0.2, 0.25) is 5.91 Å². The molecule has 0 bridgehead atoms. The van der Waals surface area contributed by atoms with Gasteiger partial charge in [-0.1, -0.05) is 26.0 Å². The lowest BCUT2D eigenvalue weighted by molar-refractivity contribution is -0.132. The van der Waals surface area contributed by atoms with Crippen molar-refractivity contribution in [3.63, 3.8) is 0 Å². The summed E-state index contributed by atoms with van der Waals surface area (Å²) in [6, 6.07) is 6.60. The molecule has 0 aromatic heterocycles. The molecule has 1 aliphatic heterocycles. The average Bonchev–Trinajstić information content (AvgIpc) is 2.92. The molecule has 1 saturated carbocycles. The third-order valence-electron chi connectivity index (χ3n) is 5.25. The highest BCUT2D eigenvalue weighted by Gasteiger charge is 2.45. The molecule has 1 amide bonds. The highest BCUT2D eigenvalue weighted by atomic mass is 19.1. The Morgan fingerprint density at radius 1 is 1.24 bits per heavy atom. The summed E-state index contributed by atoms with van der Waals surface area (Å²) in [6.45, 7) is 6.36. The van der Waals surface area contributed by atoms with Crippen LogP contribution in [-0.2, 0) is 4.79 Å². The minimum atomic E-state index is -0.255. The number of carbonyl (C=O) groups excluding carboxylic acids is 1. The Balaban J connectivity index is 1.93. The van der Waals surface area contributed by atoms with Crippen molar-refractivity contribution in [3.05, 3.63) is 35.6 Å². The maximum atomic E-state index is 13.5. The van der Waals surface area contributed by atoms with Crippen molar-refractivity contribution in [1.82, 2.24) is 10.2 Å². The maximum Gasteiger partial charge on any atom is 0.241 e. The molecular weight excluding hydrogens is 267 g/mol. The fraction of sp³-hybridized carbons (Fsp3) is 0.588. The molecule has 0 radical (unpaired) electrons. The van der Waals surface area contributed by atoms with E-state index in [-0.39, 0.29) is 30.0 Å². The van der Waals surface area contributed by atoms with Gasteiger partial charge in [-0.2, -0.15) is 0 Å². The summed E-state index contributed by atoms with van der Waals surface area (Å²) in [5, 5.41) is 3.32. The number of amides is 1. The SMILES string of the molecule is CC1NC(c2cccc(F)c2)N(C2CCC(C)C2C)C1=O. The van der Waals surface area contributed by atoms with Crippen LogP contribution in [-0.4, -0.2) is 22.9 Å². The first-order valence-corrected chi connectivity index (χ1v) is 7.82. The first-order chi connectivity index (χ1) is 9.99. The van der Waals surface area contributed by atoms with E-state index in [0.29, 0.717) is 11.8 Å². The van der Waals surface area contributed by atoms with E-state index in [1.165, 1.54) is 12.1 Å². The van der Waals surface area contributed by atoms with Crippen molar-refractivity contribution in [2.24, 2.45) is 11.8 Å².